The molecule has 19 heavy (non-hydrogen) atoms. The van der Waals surface area contributed by atoms with Gasteiger partial charge in [-0.1, -0.05) is 31.9 Å². The molecular weight excluding hydrogens is 242 g/mol. The summed E-state index contributed by atoms with van der Waals surface area (Å²) in [5.41, 5.74) is 2.60. The van der Waals surface area contributed by atoms with Crippen LogP contribution in [0.15, 0.2) is 18.2 Å². The van der Waals surface area contributed by atoms with Crippen LogP contribution in [-0.2, 0) is 11.2 Å². The number of aryl methyl sites for hydroxylation is 1. The largest absolute Gasteiger partial charge is 0.481 e. The number of carbonyl (C=O) groups is 2. The summed E-state index contributed by atoms with van der Waals surface area (Å²) in [6.45, 7) is 2.16. The smallest absolute Gasteiger partial charge is 0.305 e. The summed E-state index contributed by atoms with van der Waals surface area (Å²) < 4.78 is 0. The first-order valence-electron chi connectivity index (χ1n) is 6.77. The van der Waals surface area contributed by atoms with Gasteiger partial charge in [0, 0.05) is 5.56 Å². The van der Waals surface area contributed by atoms with Crippen molar-refractivity contribution in [1.29, 1.82) is 0 Å². The van der Waals surface area contributed by atoms with Gasteiger partial charge in [0.15, 0.2) is 0 Å². The molecular formula is C15H19NO3. The molecule has 0 aromatic heterocycles. The first-order valence-corrected chi connectivity index (χ1v) is 6.77. The lowest BCUT2D eigenvalue weighted by Gasteiger charge is -2.08. The third-order valence-corrected chi connectivity index (χ3v) is 3.49. The van der Waals surface area contributed by atoms with Crippen LogP contribution in [0.5, 0.6) is 0 Å². The Bertz CT molecular complexity index is 496. The average molecular weight is 261 g/mol. The van der Waals surface area contributed by atoms with E-state index in [9.17, 15) is 9.59 Å². The van der Waals surface area contributed by atoms with Gasteiger partial charge in [0.05, 0.1) is 12.5 Å². The Hall–Kier alpha value is -1.84. The van der Waals surface area contributed by atoms with Gasteiger partial charge < -0.3 is 10.4 Å². The Labute approximate surface area is 112 Å². The minimum Gasteiger partial charge on any atom is -0.481 e. The van der Waals surface area contributed by atoms with Gasteiger partial charge in [-0.25, -0.2) is 0 Å². The molecule has 0 bridgehead atoms. The van der Waals surface area contributed by atoms with Crippen LogP contribution in [-0.4, -0.2) is 17.0 Å². The van der Waals surface area contributed by atoms with E-state index in [2.05, 4.69) is 12.2 Å². The highest BCUT2D eigenvalue weighted by Gasteiger charge is 2.29. The molecule has 1 aliphatic rings. The number of nitrogens with one attached hydrogen (secondary N) is 1. The second kappa shape index (κ2) is 5.87. The zero-order valence-electron chi connectivity index (χ0n) is 11.1. The van der Waals surface area contributed by atoms with Crippen molar-refractivity contribution in [3.05, 3.63) is 34.9 Å². The Morgan fingerprint density at radius 1 is 1.37 bits per heavy atom. The normalized spacial score (nSPS) is 17.1. The first kappa shape index (κ1) is 13.6. The SMILES string of the molecule is CCCCCc1ccc2c(c1)C(=O)NC2CC(=O)O. The molecule has 0 saturated carbocycles. The number of fused-ring (bicyclic) bond motifs is 1. The lowest BCUT2D eigenvalue weighted by molar-refractivity contribution is -0.137. The zero-order valence-corrected chi connectivity index (χ0v) is 11.1. The van der Waals surface area contributed by atoms with Gasteiger partial charge in [-0.05, 0) is 30.0 Å². The molecule has 0 aliphatic carbocycles. The Morgan fingerprint density at radius 3 is 2.84 bits per heavy atom. The summed E-state index contributed by atoms with van der Waals surface area (Å²) in [5.74, 6) is -1.05. The fourth-order valence-corrected chi connectivity index (χ4v) is 2.49. The number of carboxylic acids is 1. The van der Waals surface area contributed by atoms with Crippen molar-refractivity contribution in [3.8, 4) is 0 Å². The monoisotopic (exact) mass is 261 g/mol. The number of amides is 1. The highest BCUT2D eigenvalue weighted by atomic mass is 16.4. The lowest BCUT2D eigenvalue weighted by Crippen LogP contribution is -2.21. The van der Waals surface area contributed by atoms with Gasteiger partial charge in [0.2, 0.25) is 0 Å². The van der Waals surface area contributed by atoms with E-state index in [1.54, 1.807) is 0 Å². The van der Waals surface area contributed by atoms with Crippen LogP contribution in [0.1, 0.15) is 60.1 Å². The molecule has 1 aliphatic heterocycles. The van der Waals surface area contributed by atoms with E-state index in [0.717, 1.165) is 24.0 Å². The molecule has 1 heterocycles. The maximum atomic E-state index is 11.8. The number of aliphatic carboxylic acids is 1. The predicted octanol–water partition coefficient (Wildman–Crippen LogP) is 2.68. The van der Waals surface area contributed by atoms with Crippen molar-refractivity contribution in [2.24, 2.45) is 0 Å². The Kier molecular flexibility index (Phi) is 4.20. The van der Waals surface area contributed by atoms with Crippen LogP contribution < -0.4 is 5.32 Å². The minimum absolute atomic E-state index is 0.0616. The Balaban J connectivity index is 2.14. The average Bonchev–Trinajstić information content (AvgIpc) is 2.66. The molecule has 1 amide bonds. The zero-order chi connectivity index (χ0) is 13.8. The van der Waals surface area contributed by atoms with Gasteiger partial charge in [-0.3, -0.25) is 9.59 Å². The maximum absolute atomic E-state index is 11.8. The van der Waals surface area contributed by atoms with Crippen molar-refractivity contribution in [2.45, 2.75) is 45.1 Å². The van der Waals surface area contributed by atoms with E-state index in [4.69, 9.17) is 5.11 Å². The molecule has 1 aromatic rings. The summed E-state index contributed by atoms with van der Waals surface area (Å²) in [6, 6.07) is 5.41. The van der Waals surface area contributed by atoms with E-state index in [1.165, 1.54) is 12.8 Å². The van der Waals surface area contributed by atoms with Crippen molar-refractivity contribution in [3.63, 3.8) is 0 Å². The van der Waals surface area contributed by atoms with E-state index < -0.39 is 5.97 Å². The van der Waals surface area contributed by atoms with Gasteiger partial charge in [-0.15, -0.1) is 0 Å². The molecule has 0 fully saturated rings. The van der Waals surface area contributed by atoms with Crippen molar-refractivity contribution >= 4 is 11.9 Å². The van der Waals surface area contributed by atoms with Crippen LogP contribution in [0.4, 0.5) is 0 Å². The highest BCUT2D eigenvalue weighted by Crippen LogP contribution is 2.29. The molecule has 4 heteroatoms. The van der Waals surface area contributed by atoms with E-state index in [-0.39, 0.29) is 18.4 Å². The predicted molar refractivity (Wildman–Crippen MR) is 72.1 cm³/mol. The Morgan fingerprint density at radius 2 is 2.16 bits per heavy atom. The third-order valence-electron chi connectivity index (χ3n) is 3.49. The molecule has 0 spiro atoms. The van der Waals surface area contributed by atoms with Crippen molar-refractivity contribution < 1.29 is 14.7 Å². The molecule has 2 N–H and O–H groups in total. The van der Waals surface area contributed by atoms with Crippen molar-refractivity contribution in [2.75, 3.05) is 0 Å². The van der Waals surface area contributed by atoms with Gasteiger partial charge in [0.25, 0.3) is 5.91 Å². The third kappa shape index (κ3) is 3.13. The van der Waals surface area contributed by atoms with Gasteiger partial charge >= 0.3 is 5.97 Å². The highest BCUT2D eigenvalue weighted by molar-refractivity contribution is 5.99. The number of carbonyl (C=O) groups excluding carboxylic acids is 1. The number of unbranched alkanes of at least 4 members (excludes halogenated alkanes) is 2. The quantitative estimate of drug-likeness (QED) is 0.774. The molecule has 102 valence electrons. The van der Waals surface area contributed by atoms with E-state index in [1.807, 2.05) is 18.2 Å². The van der Waals surface area contributed by atoms with Crippen LogP contribution >= 0.6 is 0 Å². The molecule has 1 atom stereocenters. The first-order chi connectivity index (χ1) is 9.11. The standard InChI is InChI=1S/C15H19NO3/c1-2-3-4-5-10-6-7-11-12(8-10)15(19)16-13(11)9-14(17)18/h6-8,13H,2-5,9H2,1H3,(H,16,19)(H,17,18). The summed E-state index contributed by atoms with van der Waals surface area (Å²) >= 11 is 0. The van der Waals surface area contributed by atoms with Crippen LogP contribution in [0.3, 0.4) is 0 Å². The fraction of sp³-hybridized carbons (Fsp3) is 0.467. The number of benzene rings is 1. The number of hydrogen-bond acceptors (Lipinski definition) is 2. The van der Waals surface area contributed by atoms with E-state index in [0.29, 0.717) is 5.56 Å². The molecule has 2 rings (SSSR count). The molecule has 4 nitrogen and oxygen atoms in total. The number of carboxylic acid groups (broad SMARTS) is 1. The topological polar surface area (TPSA) is 66.4 Å². The van der Waals surface area contributed by atoms with Crippen molar-refractivity contribution in [1.82, 2.24) is 5.32 Å². The molecule has 1 aromatic carbocycles. The number of hydrogen-bond donors (Lipinski definition) is 2. The minimum atomic E-state index is -0.898. The maximum Gasteiger partial charge on any atom is 0.305 e. The number of rotatable bonds is 6. The van der Waals surface area contributed by atoms with Crippen LogP contribution in [0.2, 0.25) is 0 Å². The summed E-state index contributed by atoms with van der Waals surface area (Å²) in [7, 11) is 0. The van der Waals surface area contributed by atoms with Crippen LogP contribution in [0, 0.1) is 0 Å². The second-order valence-electron chi connectivity index (χ2n) is 5.00. The second-order valence-corrected chi connectivity index (χ2v) is 5.00. The molecule has 0 saturated heterocycles. The summed E-state index contributed by atoms with van der Waals surface area (Å²) in [5, 5.41) is 11.6. The lowest BCUT2D eigenvalue weighted by atomic mass is 9.98. The van der Waals surface area contributed by atoms with Gasteiger partial charge in [0.1, 0.15) is 0 Å². The molecule has 0 radical (unpaired) electrons. The summed E-state index contributed by atoms with van der Waals surface area (Å²) in [4.78, 5) is 22.6. The summed E-state index contributed by atoms with van der Waals surface area (Å²) in [6.07, 6.45) is 4.39. The fourth-order valence-electron chi connectivity index (χ4n) is 2.49. The van der Waals surface area contributed by atoms with E-state index >= 15 is 0 Å². The van der Waals surface area contributed by atoms with Gasteiger partial charge in [-0.2, -0.15) is 0 Å². The molecule has 1 unspecified atom stereocenters. The van der Waals surface area contributed by atoms with Crippen LogP contribution in [0.25, 0.3) is 0 Å².